The Morgan fingerprint density at radius 3 is 2.44 bits per heavy atom. The molecule has 166 valence electrons. The fraction of sp³-hybridized carbons (Fsp3) is 0.217. The molecular formula is C23H24ClN5O2S. The largest absolute Gasteiger partial charge is 0.326 e. The lowest BCUT2D eigenvalue weighted by Gasteiger charge is -2.09. The summed E-state index contributed by atoms with van der Waals surface area (Å²) in [5, 5.41) is 15.1. The molecule has 3 rings (SSSR count). The van der Waals surface area contributed by atoms with Crippen molar-refractivity contribution in [3.05, 3.63) is 77.1 Å². The zero-order valence-electron chi connectivity index (χ0n) is 17.9. The highest BCUT2D eigenvalue weighted by atomic mass is 35.5. The van der Waals surface area contributed by atoms with Crippen LogP contribution in [0.4, 0.5) is 11.4 Å². The molecular weight excluding hydrogens is 446 g/mol. The number of carbonyl (C=O) groups is 2. The van der Waals surface area contributed by atoms with Crippen LogP contribution in [0.2, 0.25) is 5.02 Å². The molecule has 2 amide bonds. The fourth-order valence-corrected chi connectivity index (χ4v) is 3.80. The number of halogens is 1. The predicted octanol–water partition coefficient (Wildman–Crippen LogP) is 4.65. The number of nitrogens with zero attached hydrogens (tertiary/aromatic N) is 3. The molecule has 0 aliphatic carbocycles. The second-order valence-electron chi connectivity index (χ2n) is 7.19. The Hall–Kier alpha value is -3.10. The van der Waals surface area contributed by atoms with E-state index in [1.165, 1.54) is 11.8 Å². The van der Waals surface area contributed by atoms with Gasteiger partial charge in [0.2, 0.25) is 11.8 Å². The molecule has 32 heavy (non-hydrogen) atoms. The van der Waals surface area contributed by atoms with Crippen molar-refractivity contribution < 1.29 is 9.59 Å². The van der Waals surface area contributed by atoms with E-state index in [2.05, 4.69) is 27.4 Å². The summed E-state index contributed by atoms with van der Waals surface area (Å²) in [6, 6.07) is 12.9. The predicted molar refractivity (Wildman–Crippen MR) is 129 cm³/mol. The Morgan fingerprint density at radius 2 is 1.75 bits per heavy atom. The highest BCUT2D eigenvalue weighted by Gasteiger charge is 2.16. The van der Waals surface area contributed by atoms with Gasteiger partial charge in [0.1, 0.15) is 5.82 Å². The third kappa shape index (κ3) is 6.45. The van der Waals surface area contributed by atoms with Gasteiger partial charge >= 0.3 is 0 Å². The number of benzene rings is 2. The number of thioether (sulfide) groups is 1. The lowest BCUT2D eigenvalue weighted by molar-refractivity contribution is -0.116. The number of aromatic nitrogens is 3. The van der Waals surface area contributed by atoms with Crippen LogP contribution >= 0.6 is 23.4 Å². The average Bonchev–Trinajstić information content (AvgIpc) is 3.12. The van der Waals surface area contributed by atoms with Crippen molar-refractivity contribution in [2.75, 3.05) is 16.4 Å². The molecule has 0 radical (unpaired) electrons. The Morgan fingerprint density at radius 1 is 1.06 bits per heavy atom. The first kappa shape index (κ1) is 23.6. The zero-order chi connectivity index (χ0) is 23.1. The highest BCUT2D eigenvalue weighted by molar-refractivity contribution is 7.99. The minimum atomic E-state index is -0.240. The standard InChI is InChI=1S/C23H24ClN5O2S/c1-4-11-29-20(13-21(30)26-18-10-7-16(3)19(24)12-18)27-28-23(29)32-14-22(31)25-17-8-5-15(2)6-9-17/h4-10,12H,1,11,13-14H2,2-3H3,(H,25,31)(H,26,30). The van der Waals surface area contributed by atoms with Crippen molar-refractivity contribution in [2.24, 2.45) is 0 Å². The third-order valence-corrected chi connectivity index (χ3v) is 5.92. The van der Waals surface area contributed by atoms with E-state index in [1.807, 2.05) is 44.2 Å². The van der Waals surface area contributed by atoms with E-state index in [4.69, 9.17) is 11.6 Å². The number of anilines is 2. The van der Waals surface area contributed by atoms with Crippen LogP contribution in [0.3, 0.4) is 0 Å². The van der Waals surface area contributed by atoms with Crippen LogP contribution in [-0.4, -0.2) is 32.3 Å². The van der Waals surface area contributed by atoms with Gasteiger partial charge in [-0.05, 0) is 43.7 Å². The molecule has 0 unspecified atom stereocenters. The second-order valence-corrected chi connectivity index (χ2v) is 8.54. The number of allylic oxidation sites excluding steroid dienone is 1. The van der Waals surface area contributed by atoms with Crippen molar-refractivity contribution in [3.63, 3.8) is 0 Å². The fourth-order valence-electron chi connectivity index (χ4n) is 2.85. The summed E-state index contributed by atoms with van der Waals surface area (Å²) in [6.07, 6.45) is 1.73. The van der Waals surface area contributed by atoms with Crippen LogP contribution < -0.4 is 10.6 Å². The third-order valence-electron chi connectivity index (χ3n) is 4.55. The lowest BCUT2D eigenvalue weighted by atomic mass is 10.2. The van der Waals surface area contributed by atoms with E-state index in [0.29, 0.717) is 28.2 Å². The average molecular weight is 470 g/mol. The Kier molecular flexibility index (Phi) is 8.08. The molecule has 0 fully saturated rings. The molecule has 2 N–H and O–H groups in total. The Labute approximate surface area is 196 Å². The minimum Gasteiger partial charge on any atom is -0.326 e. The van der Waals surface area contributed by atoms with Crippen LogP contribution in [0.15, 0.2) is 60.3 Å². The number of rotatable bonds is 9. The summed E-state index contributed by atoms with van der Waals surface area (Å²) in [7, 11) is 0. The molecule has 0 aliphatic heterocycles. The van der Waals surface area contributed by atoms with Crippen LogP contribution in [-0.2, 0) is 22.6 Å². The maximum atomic E-state index is 12.5. The van der Waals surface area contributed by atoms with E-state index in [0.717, 1.165) is 16.8 Å². The van der Waals surface area contributed by atoms with Crippen molar-refractivity contribution in [1.82, 2.24) is 14.8 Å². The molecule has 1 heterocycles. The first-order valence-corrected chi connectivity index (χ1v) is 11.3. The monoisotopic (exact) mass is 469 g/mol. The number of amides is 2. The van der Waals surface area contributed by atoms with E-state index in [9.17, 15) is 9.59 Å². The minimum absolute atomic E-state index is 0.0302. The number of aryl methyl sites for hydroxylation is 2. The summed E-state index contributed by atoms with van der Waals surface area (Å²) < 4.78 is 1.78. The van der Waals surface area contributed by atoms with Crippen LogP contribution in [0.25, 0.3) is 0 Å². The molecule has 0 saturated heterocycles. The van der Waals surface area contributed by atoms with E-state index in [1.54, 1.807) is 22.8 Å². The topological polar surface area (TPSA) is 88.9 Å². The van der Waals surface area contributed by atoms with Gasteiger partial charge in [-0.25, -0.2) is 0 Å². The summed E-state index contributed by atoms with van der Waals surface area (Å²) in [4.78, 5) is 24.8. The maximum Gasteiger partial charge on any atom is 0.234 e. The summed E-state index contributed by atoms with van der Waals surface area (Å²) in [5.41, 5.74) is 3.41. The molecule has 0 spiro atoms. The molecule has 0 saturated carbocycles. The van der Waals surface area contributed by atoms with Crippen molar-refractivity contribution in [3.8, 4) is 0 Å². The van der Waals surface area contributed by atoms with E-state index < -0.39 is 0 Å². The molecule has 1 aromatic heterocycles. The molecule has 0 bridgehead atoms. The van der Waals surface area contributed by atoms with Gasteiger partial charge in [0, 0.05) is 22.9 Å². The molecule has 0 atom stereocenters. The Balaban J connectivity index is 1.61. The van der Waals surface area contributed by atoms with Crippen LogP contribution in [0.5, 0.6) is 0 Å². The first-order valence-electron chi connectivity index (χ1n) is 9.94. The van der Waals surface area contributed by atoms with Gasteiger partial charge in [0.05, 0.1) is 12.2 Å². The van der Waals surface area contributed by atoms with Gasteiger partial charge in [-0.15, -0.1) is 16.8 Å². The van der Waals surface area contributed by atoms with Gasteiger partial charge in [-0.1, -0.05) is 53.2 Å². The normalized spacial score (nSPS) is 10.6. The van der Waals surface area contributed by atoms with Crippen molar-refractivity contribution in [2.45, 2.75) is 32.0 Å². The van der Waals surface area contributed by atoms with Crippen molar-refractivity contribution >= 4 is 46.6 Å². The quantitative estimate of drug-likeness (QED) is 0.352. The molecule has 0 aliphatic rings. The van der Waals surface area contributed by atoms with Gasteiger partial charge in [-0.3, -0.25) is 9.59 Å². The van der Waals surface area contributed by atoms with Gasteiger partial charge in [-0.2, -0.15) is 0 Å². The summed E-state index contributed by atoms with van der Waals surface area (Å²) in [6.45, 7) is 8.07. The number of hydrogen-bond acceptors (Lipinski definition) is 5. The van der Waals surface area contributed by atoms with Crippen molar-refractivity contribution in [1.29, 1.82) is 0 Å². The SMILES string of the molecule is C=CCn1c(CC(=O)Nc2ccc(C)c(Cl)c2)nnc1SCC(=O)Nc1ccc(C)cc1. The zero-order valence-corrected chi connectivity index (χ0v) is 19.5. The Bertz CT molecular complexity index is 1130. The summed E-state index contributed by atoms with van der Waals surface area (Å²) >= 11 is 7.37. The highest BCUT2D eigenvalue weighted by Crippen LogP contribution is 2.21. The van der Waals surface area contributed by atoms with Crippen LogP contribution in [0.1, 0.15) is 17.0 Å². The molecule has 3 aromatic rings. The number of carbonyl (C=O) groups excluding carboxylic acids is 2. The number of nitrogens with one attached hydrogen (secondary N) is 2. The molecule has 7 nitrogen and oxygen atoms in total. The van der Waals surface area contributed by atoms with E-state index in [-0.39, 0.29) is 24.0 Å². The van der Waals surface area contributed by atoms with E-state index >= 15 is 0 Å². The van der Waals surface area contributed by atoms with Crippen LogP contribution in [0, 0.1) is 13.8 Å². The van der Waals surface area contributed by atoms with Gasteiger partial charge < -0.3 is 15.2 Å². The summed E-state index contributed by atoms with van der Waals surface area (Å²) in [5.74, 6) is 0.262. The molecule has 9 heteroatoms. The lowest BCUT2D eigenvalue weighted by Crippen LogP contribution is -2.18. The van der Waals surface area contributed by atoms with Gasteiger partial charge in [0.15, 0.2) is 5.16 Å². The maximum absolute atomic E-state index is 12.5. The van der Waals surface area contributed by atoms with Gasteiger partial charge in [0.25, 0.3) is 0 Å². The molecule has 2 aromatic carbocycles. The number of hydrogen-bond donors (Lipinski definition) is 2. The first-order chi connectivity index (χ1) is 15.4. The smallest absolute Gasteiger partial charge is 0.234 e. The second kappa shape index (κ2) is 11.0.